The monoisotopic (exact) mass is 296 g/mol. The van der Waals surface area contributed by atoms with Crippen molar-refractivity contribution in [3.63, 3.8) is 0 Å². The van der Waals surface area contributed by atoms with Gasteiger partial charge in [-0.05, 0) is 25.1 Å². The number of ether oxygens (including phenoxy) is 5. The second-order valence-electron chi connectivity index (χ2n) is 4.30. The number of benzene rings is 1. The maximum atomic E-state index is 11.7. The van der Waals surface area contributed by atoms with E-state index >= 15 is 0 Å². The Balaban J connectivity index is 2.11. The highest BCUT2D eigenvalue weighted by Gasteiger charge is 2.13. The van der Waals surface area contributed by atoms with E-state index in [1.54, 1.807) is 25.1 Å². The van der Waals surface area contributed by atoms with Gasteiger partial charge in [0.15, 0.2) is 11.5 Å². The Labute approximate surface area is 123 Å². The minimum Gasteiger partial charge on any atom is -0.487 e. The molecule has 1 aromatic rings. The summed E-state index contributed by atoms with van der Waals surface area (Å²) < 4.78 is 26.9. The van der Waals surface area contributed by atoms with Gasteiger partial charge in [0.05, 0.1) is 38.6 Å². The summed E-state index contributed by atoms with van der Waals surface area (Å²) >= 11 is 0. The van der Waals surface area contributed by atoms with Crippen LogP contribution in [0, 0.1) is 0 Å². The zero-order chi connectivity index (χ0) is 14.9. The van der Waals surface area contributed by atoms with Gasteiger partial charge in [-0.3, -0.25) is 0 Å². The lowest BCUT2D eigenvalue weighted by Crippen LogP contribution is -2.16. The molecule has 0 bridgehead atoms. The van der Waals surface area contributed by atoms with E-state index in [1.165, 1.54) is 0 Å². The Kier molecular flexibility index (Phi) is 6.30. The predicted octanol–water partition coefficient (Wildman–Crippen LogP) is 1.67. The molecule has 0 N–H and O–H groups in total. The van der Waals surface area contributed by atoms with Crippen LogP contribution in [0.25, 0.3) is 0 Å². The molecule has 0 saturated carbocycles. The van der Waals surface area contributed by atoms with E-state index in [4.69, 9.17) is 23.7 Å². The molecule has 2 rings (SSSR count). The summed E-state index contributed by atoms with van der Waals surface area (Å²) in [4.78, 5) is 11.7. The molecule has 1 aliphatic rings. The third kappa shape index (κ3) is 4.91. The van der Waals surface area contributed by atoms with Crippen LogP contribution in [0.5, 0.6) is 11.5 Å². The van der Waals surface area contributed by atoms with Crippen LogP contribution in [0.4, 0.5) is 0 Å². The molecule has 0 atom stereocenters. The van der Waals surface area contributed by atoms with Crippen molar-refractivity contribution in [1.82, 2.24) is 0 Å². The maximum absolute atomic E-state index is 11.7. The highest BCUT2D eigenvalue weighted by atomic mass is 16.6. The molecule has 0 aliphatic carbocycles. The first-order valence-electron chi connectivity index (χ1n) is 7.03. The molecule has 0 aromatic heterocycles. The molecule has 21 heavy (non-hydrogen) atoms. The maximum Gasteiger partial charge on any atom is 0.338 e. The van der Waals surface area contributed by atoms with Crippen molar-refractivity contribution in [2.75, 3.05) is 46.2 Å². The first-order chi connectivity index (χ1) is 10.3. The number of esters is 1. The van der Waals surface area contributed by atoms with Crippen LogP contribution in [-0.4, -0.2) is 52.2 Å². The van der Waals surface area contributed by atoms with Crippen LogP contribution in [0.1, 0.15) is 17.3 Å². The summed E-state index contributed by atoms with van der Waals surface area (Å²) in [7, 11) is 0. The zero-order valence-electron chi connectivity index (χ0n) is 12.1. The van der Waals surface area contributed by atoms with E-state index < -0.39 is 0 Å². The van der Waals surface area contributed by atoms with Crippen LogP contribution >= 0.6 is 0 Å². The molecule has 0 saturated heterocycles. The number of hydrogen-bond acceptors (Lipinski definition) is 6. The van der Waals surface area contributed by atoms with Crippen molar-refractivity contribution in [3.8, 4) is 11.5 Å². The summed E-state index contributed by atoms with van der Waals surface area (Å²) in [5.41, 5.74) is 0.434. The van der Waals surface area contributed by atoms with Crippen molar-refractivity contribution >= 4 is 5.97 Å². The summed E-state index contributed by atoms with van der Waals surface area (Å²) in [5.74, 6) is 0.701. The molecular weight excluding hydrogens is 276 g/mol. The van der Waals surface area contributed by atoms with Crippen molar-refractivity contribution in [1.29, 1.82) is 0 Å². The van der Waals surface area contributed by atoms with E-state index in [9.17, 15) is 4.79 Å². The minimum atomic E-state index is -0.380. The normalized spacial score (nSPS) is 16.4. The fraction of sp³-hybridized carbons (Fsp3) is 0.533. The lowest BCUT2D eigenvalue weighted by atomic mass is 10.2. The first-order valence-corrected chi connectivity index (χ1v) is 7.03. The van der Waals surface area contributed by atoms with Crippen molar-refractivity contribution in [3.05, 3.63) is 23.8 Å². The molecule has 0 spiro atoms. The highest BCUT2D eigenvalue weighted by Crippen LogP contribution is 2.29. The van der Waals surface area contributed by atoms with Gasteiger partial charge in [0, 0.05) is 0 Å². The van der Waals surface area contributed by atoms with Gasteiger partial charge in [-0.25, -0.2) is 4.79 Å². The Bertz CT molecular complexity index is 459. The van der Waals surface area contributed by atoms with Crippen molar-refractivity contribution in [2.24, 2.45) is 0 Å². The average molecular weight is 296 g/mol. The number of carbonyl (C=O) groups excluding carboxylic acids is 1. The molecule has 1 aliphatic heterocycles. The summed E-state index contributed by atoms with van der Waals surface area (Å²) in [6.07, 6.45) is 0. The highest BCUT2D eigenvalue weighted by molar-refractivity contribution is 5.90. The van der Waals surface area contributed by atoms with E-state index in [0.717, 1.165) is 0 Å². The summed E-state index contributed by atoms with van der Waals surface area (Å²) in [5, 5.41) is 0. The predicted molar refractivity (Wildman–Crippen MR) is 75.0 cm³/mol. The van der Waals surface area contributed by atoms with Crippen LogP contribution < -0.4 is 9.47 Å². The lowest BCUT2D eigenvalue weighted by molar-refractivity contribution is 0.0223. The van der Waals surface area contributed by atoms with Crippen LogP contribution in [0.3, 0.4) is 0 Å². The van der Waals surface area contributed by atoms with Crippen LogP contribution in [0.15, 0.2) is 18.2 Å². The molecule has 0 amide bonds. The van der Waals surface area contributed by atoms with Gasteiger partial charge in [0.1, 0.15) is 13.2 Å². The van der Waals surface area contributed by atoms with E-state index in [1.807, 2.05) is 0 Å². The van der Waals surface area contributed by atoms with E-state index in [-0.39, 0.29) is 5.97 Å². The number of hydrogen-bond donors (Lipinski definition) is 0. The van der Waals surface area contributed by atoms with Gasteiger partial charge in [-0.1, -0.05) is 0 Å². The van der Waals surface area contributed by atoms with Crippen LogP contribution in [-0.2, 0) is 14.2 Å². The molecular formula is C15H20O6. The fourth-order valence-electron chi connectivity index (χ4n) is 1.82. The molecule has 6 nitrogen and oxygen atoms in total. The number of fused-ring (bicyclic) bond motifs is 1. The standard InChI is InChI=1S/C15H20O6/c1-2-19-15(16)12-3-4-13-14(11-12)21-10-8-18-6-5-17-7-9-20-13/h3-4,11H,2,5-10H2,1H3. The van der Waals surface area contributed by atoms with Gasteiger partial charge in [0.25, 0.3) is 0 Å². The topological polar surface area (TPSA) is 63.2 Å². The molecule has 6 heteroatoms. The smallest absolute Gasteiger partial charge is 0.338 e. The molecule has 1 aromatic carbocycles. The van der Waals surface area contributed by atoms with E-state index in [0.29, 0.717) is 63.3 Å². The molecule has 0 unspecified atom stereocenters. The number of rotatable bonds is 2. The largest absolute Gasteiger partial charge is 0.487 e. The summed E-state index contributed by atoms with van der Waals surface area (Å²) in [6.45, 7) is 4.88. The Morgan fingerprint density at radius 3 is 2.29 bits per heavy atom. The van der Waals surface area contributed by atoms with Crippen molar-refractivity contribution in [2.45, 2.75) is 6.92 Å². The third-order valence-electron chi connectivity index (χ3n) is 2.80. The molecule has 1 heterocycles. The SMILES string of the molecule is CCOC(=O)c1ccc2c(c1)OCCOCCOCCO2. The fourth-order valence-corrected chi connectivity index (χ4v) is 1.82. The lowest BCUT2D eigenvalue weighted by Gasteiger charge is -2.15. The van der Waals surface area contributed by atoms with Gasteiger partial charge < -0.3 is 23.7 Å². The average Bonchev–Trinajstić information content (AvgIpc) is 2.48. The second-order valence-corrected chi connectivity index (χ2v) is 4.30. The molecule has 0 fully saturated rings. The number of carbonyl (C=O) groups is 1. The van der Waals surface area contributed by atoms with Gasteiger partial charge >= 0.3 is 5.97 Å². The Morgan fingerprint density at radius 1 is 1.00 bits per heavy atom. The van der Waals surface area contributed by atoms with Crippen molar-refractivity contribution < 1.29 is 28.5 Å². The minimum absolute atomic E-state index is 0.332. The zero-order valence-corrected chi connectivity index (χ0v) is 12.1. The van der Waals surface area contributed by atoms with Gasteiger partial charge in [-0.15, -0.1) is 0 Å². The molecule has 116 valence electrons. The van der Waals surface area contributed by atoms with E-state index in [2.05, 4.69) is 0 Å². The Morgan fingerprint density at radius 2 is 1.62 bits per heavy atom. The Hall–Kier alpha value is -1.79. The van der Waals surface area contributed by atoms with Crippen LogP contribution in [0.2, 0.25) is 0 Å². The van der Waals surface area contributed by atoms with Gasteiger partial charge in [-0.2, -0.15) is 0 Å². The molecule has 0 radical (unpaired) electrons. The van der Waals surface area contributed by atoms with Gasteiger partial charge in [0.2, 0.25) is 0 Å². The first kappa shape index (κ1) is 15.6. The second kappa shape index (κ2) is 8.49. The quantitative estimate of drug-likeness (QED) is 0.774. The third-order valence-corrected chi connectivity index (χ3v) is 2.80. The summed E-state index contributed by atoms with van der Waals surface area (Å²) in [6, 6.07) is 4.98.